The van der Waals surface area contributed by atoms with Crippen molar-refractivity contribution in [1.29, 1.82) is 0 Å². The zero-order chi connectivity index (χ0) is 69.7. The minimum absolute atomic E-state index is 0.0667. The Morgan fingerprint density at radius 2 is 0.684 bits per heavy atom. The van der Waals surface area contributed by atoms with Gasteiger partial charge in [-0.05, 0) is 69.3 Å². The molecule has 0 aromatic heterocycles. The van der Waals surface area contributed by atoms with Crippen LogP contribution in [-0.2, 0) is 33.0 Å². The van der Waals surface area contributed by atoms with Crippen molar-refractivity contribution in [3.8, 4) is 0 Å². The molecule has 0 amide bonds. The van der Waals surface area contributed by atoms with Gasteiger partial charge in [0.05, 0.1) is 45.7 Å². The zero-order valence-corrected chi connectivity index (χ0v) is 64.5. The standard InChI is InChI=1S/C41H68O5Si.C25H50O5.C16H19ClSi/c1-6-8-10-12-13-14-15-17-25-31-40(43)46-37(26-20-16-11-9-7-2)32-33-44-34-36(42)35-45-47(41(3,4)5,38-27-21-18-22-28-38)39-29-23-19-24-30-39;1-3-5-7-9-10-11-12-14-16-18-25(28)30-24(17-15-13-8-6-4-2)19-20-29-22-23(27)21-26;1-16(2,3)18(17,14-10-6-4-7-11-14)15-12-8-5-9-13-15/h18-19,21-24,27-30,36-37,42H,6-17,20,25-26,31-35H2,1-5H3;23-24,26-27H,3-22H2,1-2H3;4-13H,1-3H3/t36-,37+;23-,24-;/m01./s1. The number of hydrogen-bond acceptors (Lipinski definition) is 10. The summed E-state index contributed by atoms with van der Waals surface area (Å²) in [6.07, 6.45) is 36.3. The van der Waals surface area contributed by atoms with Crippen LogP contribution in [0.1, 0.15) is 288 Å². The van der Waals surface area contributed by atoms with E-state index in [4.69, 9.17) is 39.6 Å². The Kier molecular flexibility index (Phi) is 49.8. The second kappa shape index (κ2) is 54.2. The molecule has 0 saturated carbocycles. The van der Waals surface area contributed by atoms with E-state index in [1.165, 1.54) is 162 Å². The first-order valence-corrected chi connectivity index (χ1v) is 42.8. The largest absolute Gasteiger partial charge is 0.462 e. The molecule has 0 radical (unpaired) electrons. The van der Waals surface area contributed by atoms with Crippen LogP contribution in [0.4, 0.5) is 0 Å². The number of aliphatic hydroxyl groups is 3. The van der Waals surface area contributed by atoms with E-state index in [1.54, 1.807) is 0 Å². The van der Waals surface area contributed by atoms with Crippen LogP contribution >= 0.6 is 11.1 Å². The molecule has 13 heteroatoms. The maximum absolute atomic E-state index is 12.7. The fraction of sp³-hybridized carbons (Fsp3) is 0.683. The van der Waals surface area contributed by atoms with Gasteiger partial charge in [0, 0.05) is 25.7 Å². The van der Waals surface area contributed by atoms with Gasteiger partial charge in [0.1, 0.15) is 18.3 Å². The highest BCUT2D eigenvalue weighted by atomic mass is 35.6. The summed E-state index contributed by atoms with van der Waals surface area (Å²) < 4.78 is 29.9. The molecule has 0 spiro atoms. The second-order valence-electron chi connectivity index (χ2n) is 28.6. The lowest BCUT2D eigenvalue weighted by atomic mass is 10.1. The molecule has 0 bridgehead atoms. The number of unbranched alkanes of at least 4 members (excludes halogenated alkanes) is 24. The monoisotopic (exact) mass is 1370 g/mol. The first-order chi connectivity index (χ1) is 45.8. The molecule has 540 valence electrons. The molecule has 95 heavy (non-hydrogen) atoms. The van der Waals surface area contributed by atoms with Crippen molar-refractivity contribution in [3.05, 3.63) is 121 Å². The van der Waals surface area contributed by atoms with Crippen LogP contribution in [0.2, 0.25) is 10.1 Å². The molecule has 4 aromatic rings. The summed E-state index contributed by atoms with van der Waals surface area (Å²) >= 11 is 7.21. The minimum Gasteiger partial charge on any atom is -0.462 e. The molecule has 3 N–H and O–H groups in total. The molecule has 0 aliphatic rings. The molecular formula is C82H137ClO10Si2. The summed E-state index contributed by atoms with van der Waals surface area (Å²) in [6, 6.07) is 42.0. The van der Waals surface area contributed by atoms with Gasteiger partial charge in [0.25, 0.3) is 8.32 Å². The van der Waals surface area contributed by atoms with E-state index >= 15 is 0 Å². The van der Waals surface area contributed by atoms with Crippen molar-refractivity contribution in [2.24, 2.45) is 0 Å². The third-order valence-electron chi connectivity index (χ3n) is 18.1. The van der Waals surface area contributed by atoms with Crippen LogP contribution < -0.4 is 20.7 Å². The fourth-order valence-electron chi connectivity index (χ4n) is 12.4. The maximum atomic E-state index is 12.7. The van der Waals surface area contributed by atoms with Gasteiger partial charge in [-0.2, -0.15) is 11.1 Å². The Balaban J connectivity index is 0.000000542. The molecule has 4 aromatic carbocycles. The summed E-state index contributed by atoms with van der Waals surface area (Å²) in [5.74, 6) is -0.169. The van der Waals surface area contributed by atoms with Gasteiger partial charge in [-0.1, -0.05) is 345 Å². The number of rotatable bonds is 52. The smallest absolute Gasteiger partial charge is 0.306 e. The SMILES string of the molecule is CC(C)(C)[Si](Cl)(c1ccccc1)c1ccccc1.CCCCCCCCCCCC(=O)O[C@H](CCCCCCC)CCOC[C@H](O)CO.CCCCCCCCCCCC(=O)O[C@H](CCCCCCC)CCOC[C@H](O)CO[Si](c1ccccc1)(c1ccccc1)C(C)(C)C. The first-order valence-electron chi connectivity index (χ1n) is 37.9. The molecule has 0 fully saturated rings. The third kappa shape index (κ3) is 37.9. The first kappa shape index (κ1) is 87.4. The molecule has 0 aliphatic carbocycles. The van der Waals surface area contributed by atoms with Gasteiger partial charge >= 0.3 is 11.9 Å². The summed E-state index contributed by atoms with van der Waals surface area (Å²) in [7, 11) is -4.95. The van der Waals surface area contributed by atoms with E-state index in [-0.39, 0.29) is 60.7 Å². The number of benzene rings is 4. The number of carbonyl (C=O) groups is 2. The molecule has 4 atom stereocenters. The fourth-order valence-corrected chi connectivity index (χ4v) is 21.2. The zero-order valence-electron chi connectivity index (χ0n) is 61.7. The van der Waals surface area contributed by atoms with Gasteiger partial charge in [-0.25, -0.2) is 0 Å². The van der Waals surface area contributed by atoms with E-state index in [9.17, 15) is 19.8 Å². The molecule has 0 unspecified atom stereocenters. The number of ether oxygens (including phenoxy) is 4. The molecule has 4 rings (SSSR count). The average Bonchev–Trinajstić information content (AvgIpc) is 0.762. The van der Waals surface area contributed by atoms with Gasteiger partial charge in [-0.15, -0.1) is 0 Å². The summed E-state index contributed by atoms with van der Waals surface area (Å²) in [5.41, 5.74) is 0. The lowest BCUT2D eigenvalue weighted by molar-refractivity contribution is -0.151. The molecule has 0 aliphatic heterocycles. The quantitative estimate of drug-likeness (QED) is 0.0169. The summed E-state index contributed by atoms with van der Waals surface area (Å²) in [4.78, 5) is 25.0. The van der Waals surface area contributed by atoms with Crippen molar-refractivity contribution in [2.75, 3.05) is 39.6 Å². The number of halogens is 1. The van der Waals surface area contributed by atoms with Crippen molar-refractivity contribution >= 4 is 59.5 Å². The average molecular weight is 1370 g/mol. The van der Waals surface area contributed by atoms with E-state index < -0.39 is 27.9 Å². The van der Waals surface area contributed by atoms with Crippen LogP contribution in [0.3, 0.4) is 0 Å². The predicted molar refractivity (Wildman–Crippen MR) is 407 cm³/mol. The van der Waals surface area contributed by atoms with Crippen LogP contribution in [0, 0.1) is 0 Å². The Hall–Kier alpha value is -3.70. The Morgan fingerprint density at radius 1 is 0.389 bits per heavy atom. The predicted octanol–water partition coefficient (Wildman–Crippen LogP) is 19.2. The van der Waals surface area contributed by atoms with Crippen LogP contribution in [-0.4, -0.2) is 107 Å². The number of carbonyl (C=O) groups excluding carboxylic acids is 2. The topological polar surface area (TPSA) is 141 Å². The van der Waals surface area contributed by atoms with Crippen molar-refractivity contribution in [1.82, 2.24) is 0 Å². The lowest BCUT2D eigenvalue weighted by Crippen LogP contribution is -2.67. The van der Waals surface area contributed by atoms with Crippen LogP contribution in [0.15, 0.2) is 121 Å². The third-order valence-corrected chi connectivity index (χ3v) is 30.4. The molecule has 0 saturated heterocycles. The maximum Gasteiger partial charge on any atom is 0.306 e. The Labute approximate surface area is 587 Å². The number of esters is 2. The normalized spacial score (nSPS) is 13.2. The van der Waals surface area contributed by atoms with Crippen molar-refractivity contribution < 1.29 is 48.3 Å². The van der Waals surface area contributed by atoms with E-state index in [0.29, 0.717) is 38.9 Å². The lowest BCUT2D eigenvalue weighted by Gasteiger charge is -2.43. The highest BCUT2D eigenvalue weighted by molar-refractivity contribution is 7.35. The molecule has 0 heterocycles. The molecule has 10 nitrogen and oxygen atoms in total. The van der Waals surface area contributed by atoms with Crippen LogP contribution in [0.25, 0.3) is 0 Å². The van der Waals surface area contributed by atoms with Crippen molar-refractivity contribution in [2.45, 2.75) is 322 Å². The van der Waals surface area contributed by atoms with Crippen LogP contribution in [0.5, 0.6) is 0 Å². The number of hydrogen-bond donors (Lipinski definition) is 3. The highest BCUT2D eigenvalue weighted by Gasteiger charge is 2.50. The van der Waals surface area contributed by atoms with Crippen molar-refractivity contribution in [3.63, 3.8) is 0 Å². The summed E-state index contributed by atoms with van der Waals surface area (Å²) in [6.45, 7) is 23.4. The van der Waals surface area contributed by atoms with Gasteiger partial charge in [-0.3, -0.25) is 9.59 Å². The number of aliphatic hydroxyl groups excluding tert-OH is 3. The van der Waals surface area contributed by atoms with E-state index in [2.05, 4.69) is 166 Å². The van der Waals surface area contributed by atoms with E-state index in [1.807, 2.05) is 24.3 Å². The highest BCUT2D eigenvalue weighted by Crippen LogP contribution is 2.39. The minimum atomic E-state index is -2.72. The van der Waals surface area contributed by atoms with Gasteiger partial charge < -0.3 is 38.7 Å². The molecular weight excluding hydrogens is 1240 g/mol. The van der Waals surface area contributed by atoms with Gasteiger partial charge in [0.2, 0.25) is 7.38 Å². The van der Waals surface area contributed by atoms with E-state index in [0.717, 1.165) is 51.4 Å². The Morgan fingerprint density at radius 3 is 0.989 bits per heavy atom. The van der Waals surface area contributed by atoms with Gasteiger partial charge in [0.15, 0.2) is 0 Å². The Bertz CT molecular complexity index is 2330. The second-order valence-corrected chi connectivity index (χ2v) is 38.6. The summed E-state index contributed by atoms with van der Waals surface area (Å²) in [5, 5.41) is 34.0.